The van der Waals surface area contributed by atoms with Crippen LogP contribution >= 0.6 is 0 Å². The molecule has 0 unspecified atom stereocenters. The summed E-state index contributed by atoms with van der Waals surface area (Å²) in [5, 5.41) is 23.7. The third-order valence-electron chi connectivity index (χ3n) is 4.22. The molecule has 6 nitrogen and oxygen atoms in total. The maximum atomic E-state index is 11.0. The van der Waals surface area contributed by atoms with Crippen molar-refractivity contribution in [1.82, 2.24) is 0 Å². The quantitative estimate of drug-likeness (QED) is 0.510. The molecule has 0 saturated heterocycles. The lowest BCUT2D eigenvalue weighted by Crippen LogP contribution is -2.13. The molecule has 1 atom stereocenters. The lowest BCUT2D eigenvalue weighted by Gasteiger charge is -2.22. The number of non-ortho nitro benzene ring substituents is 1. The fourth-order valence-corrected chi connectivity index (χ4v) is 2.82. The van der Waals surface area contributed by atoms with Crippen molar-refractivity contribution in [2.75, 3.05) is 12.4 Å². The van der Waals surface area contributed by atoms with Crippen molar-refractivity contribution < 1.29 is 9.66 Å². The fourth-order valence-electron chi connectivity index (χ4n) is 2.82. The molecule has 3 aromatic rings. The van der Waals surface area contributed by atoms with Crippen molar-refractivity contribution >= 4 is 11.4 Å². The highest BCUT2D eigenvalue weighted by Crippen LogP contribution is 2.30. The van der Waals surface area contributed by atoms with E-state index in [2.05, 4.69) is 5.32 Å². The zero-order valence-electron chi connectivity index (χ0n) is 14.6. The Kier molecular flexibility index (Phi) is 5.33. The molecule has 0 heterocycles. The minimum Gasteiger partial charge on any atom is -0.497 e. The van der Waals surface area contributed by atoms with Crippen LogP contribution in [0.1, 0.15) is 22.7 Å². The van der Waals surface area contributed by atoms with Gasteiger partial charge in [-0.3, -0.25) is 10.1 Å². The molecule has 1 N–H and O–H groups in total. The van der Waals surface area contributed by atoms with Gasteiger partial charge in [0.1, 0.15) is 11.8 Å². The van der Waals surface area contributed by atoms with Gasteiger partial charge in [0.2, 0.25) is 0 Å². The highest BCUT2D eigenvalue weighted by atomic mass is 16.6. The molecule has 0 aliphatic rings. The number of benzene rings is 3. The van der Waals surface area contributed by atoms with Gasteiger partial charge in [-0.2, -0.15) is 5.26 Å². The summed E-state index contributed by atoms with van der Waals surface area (Å²) in [6.07, 6.45) is 0. The number of rotatable bonds is 6. The number of nitro groups is 1. The number of nitrogens with zero attached hydrogens (tertiary/aromatic N) is 2. The Bertz CT molecular complexity index is 980. The number of anilines is 1. The van der Waals surface area contributed by atoms with Gasteiger partial charge in [-0.1, -0.05) is 42.5 Å². The molecule has 134 valence electrons. The molecule has 3 rings (SSSR count). The molecule has 0 radical (unpaired) electrons. The second-order valence-electron chi connectivity index (χ2n) is 5.86. The van der Waals surface area contributed by atoms with Gasteiger partial charge < -0.3 is 10.1 Å². The number of methoxy groups -OCH3 is 1. The lowest BCUT2D eigenvalue weighted by molar-refractivity contribution is -0.384. The lowest BCUT2D eigenvalue weighted by atomic mass is 9.97. The van der Waals surface area contributed by atoms with E-state index < -0.39 is 4.92 Å². The molecule has 0 amide bonds. The maximum Gasteiger partial charge on any atom is 0.270 e. The van der Waals surface area contributed by atoms with Crippen LogP contribution in [0.25, 0.3) is 0 Å². The highest BCUT2D eigenvalue weighted by molar-refractivity contribution is 5.63. The van der Waals surface area contributed by atoms with Gasteiger partial charge in [-0.15, -0.1) is 0 Å². The Balaban J connectivity index is 2.02. The van der Waals surface area contributed by atoms with Crippen LogP contribution in [0.15, 0.2) is 72.8 Å². The average molecular weight is 359 g/mol. The Labute approximate surface area is 156 Å². The standard InChI is InChI=1S/C21H17N3O3/c1-27-19-10-7-16(8-11-19)21(15-5-3-2-4-6-15)23-20-12-9-18(24(25)26)13-17(20)14-22/h2-13,21,23H,1H3/t21-/m0/s1. The Morgan fingerprint density at radius 3 is 2.30 bits per heavy atom. The zero-order chi connectivity index (χ0) is 19.2. The van der Waals surface area contributed by atoms with E-state index in [0.717, 1.165) is 16.9 Å². The van der Waals surface area contributed by atoms with Crippen molar-refractivity contribution in [1.29, 1.82) is 5.26 Å². The summed E-state index contributed by atoms with van der Waals surface area (Å²) < 4.78 is 5.22. The summed E-state index contributed by atoms with van der Waals surface area (Å²) in [5.41, 5.74) is 2.62. The Hall–Kier alpha value is -3.85. The van der Waals surface area contributed by atoms with Crippen molar-refractivity contribution in [2.45, 2.75) is 6.04 Å². The molecule has 3 aromatic carbocycles. The maximum absolute atomic E-state index is 11.0. The monoisotopic (exact) mass is 359 g/mol. The summed E-state index contributed by atoms with van der Waals surface area (Å²) in [4.78, 5) is 10.5. The van der Waals surface area contributed by atoms with Crippen LogP contribution in [0.5, 0.6) is 5.75 Å². The predicted molar refractivity (Wildman–Crippen MR) is 103 cm³/mol. The van der Waals surface area contributed by atoms with E-state index in [1.165, 1.54) is 12.1 Å². The Morgan fingerprint density at radius 2 is 1.70 bits per heavy atom. The van der Waals surface area contributed by atoms with Crippen LogP contribution in [-0.4, -0.2) is 12.0 Å². The number of hydrogen-bond acceptors (Lipinski definition) is 5. The first-order chi connectivity index (χ1) is 13.1. The molecule has 0 aromatic heterocycles. The molecule has 0 spiro atoms. The van der Waals surface area contributed by atoms with E-state index in [4.69, 9.17) is 4.74 Å². The molecule has 0 aliphatic heterocycles. The summed E-state index contributed by atoms with van der Waals surface area (Å²) in [6.45, 7) is 0. The van der Waals surface area contributed by atoms with Gasteiger partial charge in [0.15, 0.2) is 0 Å². The first-order valence-corrected chi connectivity index (χ1v) is 8.26. The van der Waals surface area contributed by atoms with E-state index in [1.807, 2.05) is 60.7 Å². The van der Waals surface area contributed by atoms with Gasteiger partial charge in [0.25, 0.3) is 5.69 Å². The van der Waals surface area contributed by atoms with Crippen molar-refractivity contribution in [3.05, 3.63) is 99.6 Å². The van der Waals surface area contributed by atoms with E-state index in [9.17, 15) is 15.4 Å². The van der Waals surface area contributed by atoms with Crippen LogP contribution in [-0.2, 0) is 0 Å². The first-order valence-electron chi connectivity index (χ1n) is 8.26. The van der Waals surface area contributed by atoms with E-state index in [0.29, 0.717) is 5.69 Å². The summed E-state index contributed by atoms with van der Waals surface area (Å²) in [5.74, 6) is 0.749. The number of hydrogen-bond donors (Lipinski definition) is 1. The van der Waals surface area contributed by atoms with Crippen molar-refractivity contribution in [2.24, 2.45) is 0 Å². The van der Waals surface area contributed by atoms with Gasteiger partial charge >= 0.3 is 0 Å². The zero-order valence-corrected chi connectivity index (χ0v) is 14.6. The van der Waals surface area contributed by atoms with E-state index in [1.54, 1.807) is 13.2 Å². The molecule has 6 heteroatoms. The van der Waals surface area contributed by atoms with Crippen LogP contribution < -0.4 is 10.1 Å². The number of nitriles is 1. The third kappa shape index (κ3) is 4.05. The van der Waals surface area contributed by atoms with Crippen LogP contribution in [0.2, 0.25) is 0 Å². The smallest absolute Gasteiger partial charge is 0.270 e. The summed E-state index contributed by atoms with van der Waals surface area (Å²) in [6, 6.07) is 23.4. The summed E-state index contributed by atoms with van der Waals surface area (Å²) in [7, 11) is 1.61. The van der Waals surface area contributed by atoms with Crippen molar-refractivity contribution in [3.63, 3.8) is 0 Å². The normalized spacial score (nSPS) is 11.3. The fraction of sp³-hybridized carbons (Fsp3) is 0.0952. The molecule has 0 fully saturated rings. The molecule has 0 saturated carbocycles. The largest absolute Gasteiger partial charge is 0.497 e. The second-order valence-corrected chi connectivity index (χ2v) is 5.86. The summed E-state index contributed by atoms with van der Waals surface area (Å²) >= 11 is 0. The minimum atomic E-state index is -0.511. The second kappa shape index (κ2) is 8.02. The molecular weight excluding hydrogens is 342 g/mol. The van der Waals surface area contributed by atoms with Gasteiger partial charge in [0, 0.05) is 12.1 Å². The van der Waals surface area contributed by atoms with Crippen molar-refractivity contribution in [3.8, 4) is 11.8 Å². The predicted octanol–water partition coefficient (Wildman–Crippen LogP) is 4.68. The van der Waals surface area contributed by atoms with Crippen LogP contribution in [0.3, 0.4) is 0 Å². The van der Waals surface area contributed by atoms with Gasteiger partial charge in [-0.25, -0.2) is 0 Å². The minimum absolute atomic E-state index is 0.113. The number of nitrogens with one attached hydrogen (secondary N) is 1. The molecule has 0 aliphatic carbocycles. The van der Waals surface area contributed by atoms with Gasteiger partial charge in [0.05, 0.1) is 29.3 Å². The third-order valence-corrected chi connectivity index (χ3v) is 4.22. The topological polar surface area (TPSA) is 88.2 Å². The SMILES string of the molecule is COc1ccc([C@@H](Nc2ccc([N+](=O)[O-])cc2C#N)c2ccccc2)cc1. The molecule has 27 heavy (non-hydrogen) atoms. The number of ether oxygens (including phenoxy) is 1. The van der Waals surface area contributed by atoms with Crippen LogP contribution in [0.4, 0.5) is 11.4 Å². The van der Waals surface area contributed by atoms with Gasteiger partial charge in [-0.05, 0) is 29.3 Å². The highest BCUT2D eigenvalue weighted by Gasteiger charge is 2.17. The first kappa shape index (κ1) is 18.0. The average Bonchev–Trinajstić information content (AvgIpc) is 2.72. The van der Waals surface area contributed by atoms with Crippen LogP contribution in [0, 0.1) is 21.4 Å². The molecular formula is C21H17N3O3. The number of nitro benzene ring substituents is 1. The van der Waals surface area contributed by atoms with E-state index in [-0.39, 0.29) is 17.3 Å². The Morgan fingerprint density at radius 1 is 1.04 bits per heavy atom. The van der Waals surface area contributed by atoms with E-state index >= 15 is 0 Å². The molecule has 0 bridgehead atoms.